The molecule has 4 rings (SSSR count). The Bertz CT molecular complexity index is 818. The summed E-state index contributed by atoms with van der Waals surface area (Å²) in [5.74, 6) is 0.785. The van der Waals surface area contributed by atoms with Crippen LogP contribution in [0.15, 0.2) is 29.8 Å². The van der Waals surface area contributed by atoms with Crippen LogP contribution in [-0.4, -0.2) is 64.7 Å². The summed E-state index contributed by atoms with van der Waals surface area (Å²) in [7, 11) is 0. The van der Waals surface area contributed by atoms with Crippen molar-refractivity contribution in [2.75, 3.05) is 32.8 Å². The molecule has 0 atom stereocenters. The van der Waals surface area contributed by atoms with Gasteiger partial charge in [0.2, 0.25) is 0 Å². The van der Waals surface area contributed by atoms with Crippen LogP contribution in [-0.2, 0) is 4.74 Å². The van der Waals surface area contributed by atoms with Crippen LogP contribution in [0.3, 0.4) is 0 Å². The van der Waals surface area contributed by atoms with E-state index in [1.807, 2.05) is 12.1 Å². The second kappa shape index (κ2) is 6.46. The summed E-state index contributed by atoms with van der Waals surface area (Å²) in [5.41, 5.74) is 3.37. The zero-order chi connectivity index (χ0) is 16.4. The van der Waals surface area contributed by atoms with Crippen molar-refractivity contribution in [1.29, 1.82) is 0 Å². The van der Waals surface area contributed by atoms with Crippen LogP contribution in [0.4, 0.5) is 5.82 Å². The lowest BCUT2D eigenvalue weighted by molar-refractivity contribution is 0.0371. The van der Waals surface area contributed by atoms with Crippen molar-refractivity contribution < 1.29 is 9.53 Å². The lowest BCUT2D eigenvalue weighted by Crippen LogP contribution is -2.39. The number of morpholine rings is 1. The van der Waals surface area contributed by atoms with Gasteiger partial charge in [0.1, 0.15) is 6.33 Å². The number of aromatic amines is 1. The number of Topliss-reactive ketones (excluding diaryl/α,β-unsaturated/α-hetero) is 1. The summed E-state index contributed by atoms with van der Waals surface area (Å²) >= 11 is 0. The number of H-pyrrole nitrogens is 1. The van der Waals surface area contributed by atoms with Crippen molar-refractivity contribution in [1.82, 2.24) is 19.9 Å². The van der Waals surface area contributed by atoms with Gasteiger partial charge in [-0.1, -0.05) is 0 Å². The third-order valence-electron chi connectivity index (χ3n) is 4.14. The van der Waals surface area contributed by atoms with Crippen LogP contribution in [0.5, 0.6) is 0 Å². The highest BCUT2D eigenvalue weighted by molar-refractivity contribution is 6.20. The Morgan fingerprint density at radius 1 is 1.38 bits per heavy atom. The van der Waals surface area contributed by atoms with Gasteiger partial charge in [0.15, 0.2) is 11.6 Å². The highest BCUT2D eigenvalue weighted by atomic mass is 16.5. The molecule has 2 aliphatic rings. The first-order valence-corrected chi connectivity index (χ1v) is 7.87. The van der Waals surface area contributed by atoms with Crippen LogP contribution in [0, 0.1) is 0 Å². The molecule has 7 heteroatoms. The number of hydrogen-bond donors (Lipinski definition) is 1. The standard InChI is InChI=1S/C17H17N5O2/c23-16(10-22-1-3-24-4-2-22)13-6-14(19-8-13)5-12-7-20-17-15(12)9-18-11-21-17/h5-9,11,19H,1-4,10H2. The van der Waals surface area contributed by atoms with E-state index in [0.29, 0.717) is 31.1 Å². The van der Waals surface area contributed by atoms with E-state index < -0.39 is 0 Å². The molecule has 0 aliphatic carbocycles. The van der Waals surface area contributed by atoms with Gasteiger partial charge in [-0.2, -0.15) is 0 Å². The SMILES string of the molecule is O=C(CN1CCOCC1)c1c[nH]c(C=C2C=Nc3ncncc32)c1. The monoisotopic (exact) mass is 323 g/mol. The minimum Gasteiger partial charge on any atom is -0.379 e. The van der Waals surface area contributed by atoms with Crippen molar-refractivity contribution in [2.45, 2.75) is 0 Å². The van der Waals surface area contributed by atoms with E-state index in [2.05, 4.69) is 24.8 Å². The molecule has 24 heavy (non-hydrogen) atoms. The molecule has 0 aromatic carbocycles. The number of allylic oxidation sites excluding steroid dienone is 1. The minimum absolute atomic E-state index is 0.113. The number of fused-ring (bicyclic) bond motifs is 1. The summed E-state index contributed by atoms with van der Waals surface area (Å²) in [6.07, 6.45) is 8.69. The number of rotatable bonds is 4. The summed E-state index contributed by atoms with van der Waals surface area (Å²) < 4.78 is 5.30. The van der Waals surface area contributed by atoms with Gasteiger partial charge in [-0.25, -0.2) is 15.0 Å². The number of carbonyl (C=O) groups excluding carboxylic acids is 1. The Kier molecular flexibility index (Phi) is 4.02. The van der Waals surface area contributed by atoms with E-state index in [9.17, 15) is 4.79 Å². The number of nitrogens with zero attached hydrogens (tertiary/aromatic N) is 4. The predicted octanol–water partition coefficient (Wildman–Crippen LogP) is 1.58. The number of ether oxygens (including phenoxy) is 1. The molecule has 0 unspecified atom stereocenters. The first kappa shape index (κ1) is 14.9. The topological polar surface area (TPSA) is 83.5 Å². The summed E-state index contributed by atoms with van der Waals surface area (Å²) in [6, 6.07) is 1.87. The molecule has 0 amide bonds. The lowest BCUT2D eigenvalue weighted by atomic mass is 10.1. The van der Waals surface area contributed by atoms with Crippen molar-refractivity contribution in [3.05, 3.63) is 41.6 Å². The van der Waals surface area contributed by atoms with E-state index in [-0.39, 0.29) is 5.78 Å². The normalized spacial score (nSPS) is 18.9. The van der Waals surface area contributed by atoms with Crippen molar-refractivity contribution in [2.24, 2.45) is 4.99 Å². The molecule has 0 bridgehead atoms. The maximum atomic E-state index is 12.4. The Balaban J connectivity index is 1.48. The molecule has 1 saturated heterocycles. The first-order chi connectivity index (χ1) is 11.8. The molecule has 7 nitrogen and oxygen atoms in total. The van der Waals surface area contributed by atoms with E-state index in [1.165, 1.54) is 6.33 Å². The second-order valence-corrected chi connectivity index (χ2v) is 5.77. The highest BCUT2D eigenvalue weighted by Gasteiger charge is 2.17. The zero-order valence-corrected chi connectivity index (χ0v) is 13.1. The number of hydrogen-bond acceptors (Lipinski definition) is 6. The molecule has 2 aromatic heterocycles. The Labute approximate surface area is 139 Å². The number of aromatic nitrogens is 3. The largest absolute Gasteiger partial charge is 0.379 e. The minimum atomic E-state index is 0.113. The lowest BCUT2D eigenvalue weighted by Gasteiger charge is -2.25. The van der Waals surface area contributed by atoms with Gasteiger partial charge in [0.25, 0.3) is 0 Å². The molecule has 0 radical (unpaired) electrons. The molecule has 4 heterocycles. The van der Waals surface area contributed by atoms with Crippen molar-refractivity contribution >= 4 is 29.5 Å². The molecule has 2 aromatic rings. The second-order valence-electron chi connectivity index (χ2n) is 5.77. The van der Waals surface area contributed by atoms with Crippen LogP contribution in [0.1, 0.15) is 21.6 Å². The summed E-state index contributed by atoms with van der Waals surface area (Å²) in [6.45, 7) is 3.42. The average molecular weight is 323 g/mol. The Morgan fingerprint density at radius 2 is 2.25 bits per heavy atom. The van der Waals surface area contributed by atoms with Gasteiger partial charge in [0, 0.05) is 54.1 Å². The first-order valence-electron chi connectivity index (χ1n) is 7.87. The smallest absolute Gasteiger partial charge is 0.178 e. The fraction of sp³-hybridized carbons (Fsp3) is 0.294. The third-order valence-corrected chi connectivity index (χ3v) is 4.14. The van der Waals surface area contributed by atoms with Crippen molar-refractivity contribution in [3.8, 4) is 0 Å². The van der Waals surface area contributed by atoms with Gasteiger partial charge >= 0.3 is 0 Å². The predicted molar refractivity (Wildman–Crippen MR) is 90.4 cm³/mol. The van der Waals surface area contributed by atoms with E-state index in [1.54, 1.807) is 18.6 Å². The Morgan fingerprint density at radius 3 is 3.12 bits per heavy atom. The van der Waals surface area contributed by atoms with Gasteiger partial charge < -0.3 is 9.72 Å². The van der Waals surface area contributed by atoms with E-state index >= 15 is 0 Å². The maximum absolute atomic E-state index is 12.4. The van der Waals surface area contributed by atoms with Crippen LogP contribution in [0.2, 0.25) is 0 Å². The van der Waals surface area contributed by atoms with Crippen LogP contribution in [0.25, 0.3) is 11.6 Å². The molecule has 0 saturated carbocycles. The fourth-order valence-corrected chi connectivity index (χ4v) is 2.82. The van der Waals surface area contributed by atoms with E-state index in [0.717, 1.165) is 29.9 Å². The molecule has 0 spiro atoms. The van der Waals surface area contributed by atoms with Gasteiger partial charge in [-0.15, -0.1) is 0 Å². The maximum Gasteiger partial charge on any atom is 0.178 e. The van der Waals surface area contributed by atoms with Gasteiger partial charge in [-0.3, -0.25) is 9.69 Å². The number of nitrogens with one attached hydrogen (secondary N) is 1. The Hall–Kier alpha value is -2.64. The van der Waals surface area contributed by atoms with Gasteiger partial charge in [0.05, 0.1) is 19.8 Å². The highest BCUT2D eigenvalue weighted by Crippen LogP contribution is 2.29. The number of ketones is 1. The molecule has 122 valence electrons. The fourth-order valence-electron chi connectivity index (χ4n) is 2.82. The number of carbonyl (C=O) groups is 1. The van der Waals surface area contributed by atoms with Gasteiger partial charge in [-0.05, 0) is 12.1 Å². The van der Waals surface area contributed by atoms with Crippen molar-refractivity contribution in [3.63, 3.8) is 0 Å². The average Bonchev–Trinajstić information content (AvgIpc) is 3.24. The van der Waals surface area contributed by atoms with Crippen LogP contribution >= 0.6 is 0 Å². The molecular weight excluding hydrogens is 306 g/mol. The van der Waals surface area contributed by atoms with E-state index in [4.69, 9.17) is 4.74 Å². The molecular formula is C17H17N5O2. The zero-order valence-electron chi connectivity index (χ0n) is 13.1. The molecule has 1 fully saturated rings. The summed E-state index contributed by atoms with van der Waals surface area (Å²) in [5, 5.41) is 0. The third kappa shape index (κ3) is 3.04. The quantitative estimate of drug-likeness (QED) is 0.864. The number of aliphatic imine (C=N–C) groups is 1. The molecule has 2 aliphatic heterocycles. The van der Waals surface area contributed by atoms with Crippen LogP contribution < -0.4 is 0 Å². The molecule has 1 N–H and O–H groups in total. The summed E-state index contributed by atoms with van der Waals surface area (Å²) in [4.78, 5) is 30.1.